The van der Waals surface area contributed by atoms with Gasteiger partial charge in [0.25, 0.3) is 0 Å². The summed E-state index contributed by atoms with van der Waals surface area (Å²) in [5, 5.41) is 5.92. The highest BCUT2D eigenvalue weighted by molar-refractivity contribution is 9.11. The monoisotopic (exact) mass is 357 g/mol. The van der Waals surface area contributed by atoms with E-state index in [1.54, 1.807) is 0 Å². The second-order valence-corrected chi connectivity index (χ2v) is 8.01. The number of nitrogens with one attached hydrogen (secondary N) is 1. The Bertz CT molecular complexity index is 510. The summed E-state index contributed by atoms with van der Waals surface area (Å²) in [7, 11) is 0. The van der Waals surface area contributed by atoms with Gasteiger partial charge in [0.15, 0.2) is 0 Å². The van der Waals surface area contributed by atoms with Crippen molar-refractivity contribution in [3.63, 3.8) is 0 Å². The van der Waals surface area contributed by atoms with Crippen molar-refractivity contribution in [3.8, 4) is 0 Å². The van der Waals surface area contributed by atoms with Gasteiger partial charge in [-0.15, -0.1) is 22.7 Å². The number of aryl methyl sites for hydroxylation is 2. The number of hydrogen-bond donors (Lipinski definition) is 1. The summed E-state index contributed by atoms with van der Waals surface area (Å²) in [5.41, 5.74) is 2.80. The zero-order chi connectivity index (χ0) is 13.8. The van der Waals surface area contributed by atoms with Crippen LogP contribution in [0.25, 0.3) is 0 Å². The maximum Gasteiger partial charge on any atom is 0.0768 e. The Hall–Kier alpha value is -0.160. The minimum absolute atomic E-state index is 0.352. The molecule has 0 spiro atoms. The predicted octanol–water partition coefficient (Wildman–Crippen LogP) is 5.53. The van der Waals surface area contributed by atoms with Crippen LogP contribution in [-0.4, -0.2) is 6.54 Å². The van der Waals surface area contributed by atoms with Crippen molar-refractivity contribution in [3.05, 3.63) is 42.2 Å². The summed E-state index contributed by atoms with van der Waals surface area (Å²) >= 11 is 7.37. The lowest BCUT2D eigenvalue weighted by molar-refractivity contribution is 0.609. The summed E-state index contributed by atoms with van der Waals surface area (Å²) in [4.78, 5) is 2.89. The van der Waals surface area contributed by atoms with Crippen LogP contribution in [0.3, 0.4) is 0 Å². The molecule has 2 aromatic rings. The molecule has 104 valence electrons. The van der Waals surface area contributed by atoms with E-state index in [1.807, 2.05) is 22.7 Å². The Morgan fingerprint density at radius 1 is 1.37 bits per heavy atom. The molecule has 0 amide bonds. The quantitative estimate of drug-likeness (QED) is 0.716. The molecule has 0 saturated heterocycles. The van der Waals surface area contributed by atoms with Gasteiger partial charge in [-0.2, -0.15) is 0 Å². The minimum Gasteiger partial charge on any atom is -0.305 e. The van der Waals surface area contributed by atoms with E-state index in [0.29, 0.717) is 6.04 Å². The van der Waals surface area contributed by atoms with Gasteiger partial charge in [0.1, 0.15) is 0 Å². The molecule has 2 heterocycles. The first-order chi connectivity index (χ1) is 9.17. The summed E-state index contributed by atoms with van der Waals surface area (Å²) in [6, 6.07) is 4.92. The smallest absolute Gasteiger partial charge is 0.0768 e. The van der Waals surface area contributed by atoms with E-state index in [9.17, 15) is 0 Å². The topological polar surface area (TPSA) is 12.0 Å². The highest BCUT2D eigenvalue weighted by Gasteiger charge is 2.20. The first-order valence-corrected chi connectivity index (χ1v) is 9.21. The molecule has 1 nitrogen and oxygen atoms in total. The zero-order valence-corrected chi connectivity index (χ0v) is 14.8. The lowest BCUT2D eigenvalue weighted by Gasteiger charge is -2.17. The van der Waals surface area contributed by atoms with Crippen molar-refractivity contribution >= 4 is 38.6 Å². The largest absolute Gasteiger partial charge is 0.305 e. The normalized spacial score (nSPS) is 12.8. The predicted molar refractivity (Wildman–Crippen MR) is 90.6 cm³/mol. The van der Waals surface area contributed by atoms with Crippen LogP contribution < -0.4 is 5.32 Å². The van der Waals surface area contributed by atoms with Gasteiger partial charge in [0.2, 0.25) is 0 Å². The molecule has 0 aromatic carbocycles. The second kappa shape index (κ2) is 7.02. The average Bonchev–Trinajstić information content (AvgIpc) is 2.98. The molecular formula is C15H20BrNS2. The Kier molecular flexibility index (Phi) is 5.63. The van der Waals surface area contributed by atoms with Gasteiger partial charge in [-0.1, -0.05) is 13.8 Å². The molecule has 0 aliphatic heterocycles. The molecular weight excluding hydrogens is 338 g/mol. The number of hydrogen-bond acceptors (Lipinski definition) is 3. The van der Waals surface area contributed by atoms with Gasteiger partial charge in [0, 0.05) is 9.75 Å². The number of rotatable bonds is 6. The van der Waals surface area contributed by atoms with E-state index in [-0.39, 0.29) is 0 Å². The fourth-order valence-electron chi connectivity index (χ4n) is 2.13. The highest BCUT2D eigenvalue weighted by Crippen LogP contribution is 2.37. The van der Waals surface area contributed by atoms with Crippen LogP contribution >= 0.6 is 38.6 Å². The summed E-state index contributed by atoms with van der Waals surface area (Å²) < 4.78 is 1.25. The van der Waals surface area contributed by atoms with Crippen molar-refractivity contribution < 1.29 is 0 Å². The fourth-order valence-corrected chi connectivity index (χ4v) is 4.95. The first kappa shape index (κ1) is 15.2. The van der Waals surface area contributed by atoms with Crippen LogP contribution in [0.5, 0.6) is 0 Å². The molecule has 1 N–H and O–H groups in total. The molecule has 0 saturated carbocycles. The van der Waals surface area contributed by atoms with Gasteiger partial charge < -0.3 is 5.32 Å². The second-order valence-electron chi connectivity index (χ2n) is 4.66. The summed E-state index contributed by atoms with van der Waals surface area (Å²) in [6.45, 7) is 7.67. The maximum atomic E-state index is 3.70. The van der Waals surface area contributed by atoms with Crippen LogP contribution in [0.2, 0.25) is 0 Å². The van der Waals surface area contributed by atoms with Crippen LogP contribution in [0.1, 0.15) is 47.2 Å². The van der Waals surface area contributed by atoms with E-state index >= 15 is 0 Å². The van der Waals surface area contributed by atoms with Crippen molar-refractivity contribution in [2.75, 3.05) is 6.54 Å². The van der Waals surface area contributed by atoms with Crippen molar-refractivity contribution in [1.82, 2.24) is 5.32 Å². The molecule has 0 fully saturated rings. The van der Waals surface area contributed by atoms with E-state index in [2.05, 4.69) is 59.5 Å². The Labute approximate surface area is 132 Å². The Morgan fingerprint density at radius 3 is 2.74 bits per heavy atom. The molecule has 0 radical (unpaired) electrons. The first-order valence-electron chi connectivity index (χ1n) is 6.72. The van der Waals surface area contributed by atoms with Crippen LogP contribution in [0.15, 0.2) is 21.3 Å². The molecule has 19 heavy (non-hydrogen) atoms. The molecule has 1 atom stereocenters. The summed E-state index contributed by atoms with van der Waals surface area (Å²) in [5.74, 6) is 0. The SMILES string of the molecule is CCCNC(c1cc(C)c(Br)s1)c1sccc1CC. The Balaban J connectivity index is 2.35. The molecule has 4 heteroatoms. The molecule has 2 aromatic heterocycles. The van der Waals surface area contributed by atoms with Gasteiger partial charge in [-0.05, 0) is 70.9 Å². The lowest BCUT2D eigenvalue weighted by atomic mass is 10.1. The van der Waals surface area contributed by atoms with Crippen molar-refractivity contribution in [1.29, 1.82) is 0 Å². The van der Waals surface area contributed by atoms with Crippen LogP contribution in [-0.2, 0) is 6.42 Å². The van der Waals surface area contributed by atoms with Crippen LogP contribution in [0, 0.1) is 6.92 Å². The summed E-state index contributed by atoms with van der Waals surface area (Å²) in [6.07, 6.45) is 2.27. The van der Waals surface area contributed by atoms with Crippen LogP contribution in [0.4, 0.5) is 0 Å². The maximum absolute atomic E-state index is 3.70. The number of halogens is 1. The standard InChI is InChI=1S/C15H20BrNS2/c1-4-7-17-13(12-9-10(3)15(16)19-12)14-11(5-2)6-8-18-14/h6,8-9,13,17H,4-5,7H2,1-3H3. The fraction of sp³-hybridized carbons (Fsp3) is 0.467. The average molecular weight is 358 g/mol. The van der Waals surface area contributed by atoms with E-state index in [0.717, 1.165) is 19.4 Å². The van der Waals surface area contributed by atoms with E-state index in [4.69, 9.17) is 0 Å². The molecule has 0 aliphatic carbocycles. The molecule has 2 rings (SSSR count). The van der Waals surface area contributed by atoms with Gasteiger partial charge in [-0.3, -0.25) is 0 Å². The third-order valence-corrected chi connectivity index (χ3v) is 6.41. The number of thiophene rings is 2. The van der Waals surface area contributed by atoms with Gasteiger partial charge in [0.05, 0.1) is 9.83 Å². The van der Waals surface area contributed by atoms with Crippen molar-refractivity contribution in [2.24, 2.45) is 0 Å². The van der Waals surface area contributed by atoms with Gasteiger partial charge >= 0.3 is 0 Å². The molecule has 0 aliphatic rings. The van der Waals surface area contributed by atoms with Crippen molar-refractivity contribution in [2.45, 2.75) is 39.7 Å². The molecule has 1 unspecified atom stereocenters. The van der Waals surface area contributed by atoms with E-state index in [1.165, 1.54) is 24.7 Å². The zero-order valence-electron chi connectivity index (χ0n) is 11.6. The lowest BCUT2D eigenvalue weighted by Crippen LogP contribution is -2.22. The third-order valence-electron chi connectivity index (χ3n) is 3.18. The minimum atomic E-state index is 0.352. The third kappa shape index (κ3) is 3.48. The highest BCUT2D eigenvalue weighted by atomic mass is 79.9. The van der Waals surface area contributed by atoms with E-state index < -0.39 is 0 Å². The molecule has 0 bridgehead atoms. The van der Waals surface area contributed by atoms with Gasteiger partial charge in [-0.25, -0.2) is 0 Å². The Morgan fingerprint density at radius 2 is 2.16 bits per heavy atom.